The SMILES string of the molecule is CCOc1ccc([C@@H]2C(C(=O)c3cc4cccc(OC)c4o3)=C(O)C(=O)N2Cc2ccco2)cc1OC. The number of furan rings is 2. The van der Waals surface area contributed by atoms with Crippen LogP contribution in [-0.2, 0) is 11.3 Å². The van der Waals surface area contributed by atoms with Gasteiger partial charge < -0.3 is 33.1 Å². The molecule has 1 aliphatic heterocycles. The zero-order valence-corrected chi connectivity index (χ0v) is 20.5. The molecule has 0 radical (unpaired) electrons. The van der Waals surface area contributed by atoms with Crippen LogP contribution in [0, 0.1) is 0 Å². The maximum Gasteiger partial charge on any atom is 0.290 e. The van der Waals surface area contributed by atoms with E-state index in [1.54, 1.807) is 54.6 Å². The molecular formula is C28H25NO8. The average molecular weight is 504 g/mol. The van der Waals surface area contributed by atoms with Crippen LogP contribution in [0.5, 0.6) is 17.2 Å². The van der Waals surface area contributed by atoms with E-state index in [0.717, 1.165) is 0 Å². The van der Waals surface area contributed by atoms with E-state index in [1.165, 1.54) is 25.4 Å². The molecule has 0 unspecified atom stereocenters. The van der Waals surface area contributed by atoms with Crippen LogP contribution in [0.15, 0.2) is 81.0 Å². The molecule has 9 heteroatoms. The zero-order valence-electron chi connectivity index (χ0n) is 20.5. The minimum Gasteiger partial charge on any atom is -0.503 e. The molecule has 0 fully saturated rings. The van der Waals surface area contributed by atoms with Gasteiger partial charge in [-0.25, -0.2) is 0 Å². The highest BCUT2D eigenvalue weighted by Gasteiger charge is 2.45. The van der Waals surface area contributed by atoms with Crippen molar-refractivity contribution in [3.8, 4) is 17.2 Å². The number of nitrogens with zero attached hydrogens (tertiary/aromatic N) is 1. The fourth-order valence-corrected chi connectivity index (χ4v) is 4.54. The summed E-state index contributed by atoms with van der Waals surface area (Å²) < 4.78 is 27.8. The van der Waals surface area contributed by atoms with Crippen molar-refractivity contribution in [1.82, 2.24) is 4.90 Å². The molecule has 9 nitrogen and oxygen atoms in total. The Bertz CT molecular complexity index is 1500. The summed E-state index contributed by atoms with van der Waals surface area (Å²) in [7, 11) is 3.01. The molecule has 0 bridgehead atoms. The van der Waals surface area contributed by atoms with E-state index < -0.39 is 23.5 Å². The van der Waals surface area contributed by atoms with Crippen LogP contribution in [0.4, 0.5) is 0 Å². The first kappa shape index (κ1) is 24.1. The summed E-state index contributed by atoms with van der Waals surface area (Å²) in [6.45, 7) is 2.32. The van der Waals surface area contributed by atoms with E-state index in [1.807, 2.05) is 6.92 Å². The van der Waals surface area contributed by atoms with Gasteiger partial charge in [0.15, 0.2) is 34.4 Å². The fourth-order valence-electron chi connectivity index (χ4n) is 4.54. The number of aliphatic hydroxyl groups is 1. The Balaban J connectivity index is 1.62. The van der Waals surface area contributed by atoms with E-state index in [9.17, 15) is 14.7 Å². The number of amides is 1. The molecule has 1 aliphatic rings. The van der Waals surface area contributed by atoms with Crippen LogP contribution in [0.1, 0.15) is 34.8 Å². The first-order chi connectivity index (χ1) is 18.0. The standard InChI is InChI=1S/C28H25NO8/c1-4-35-19-11-10-16(13-21(19)34-3)24-23(26(31)28(32)29(24)15-18-8-6-12-36-18)25(30)22-14-17-7-5-9-20(33-2)27(17)37-22/h5-14,24,31H,4,15H2,1-3H3/t24-/m1/s1. The molecule has 0 aliphatic carbocycles. The maximum absolute atomic E-state index is 13.8. The number of methoxy groups -OCH3 is 2. The third kappa shape index (κ3) is 4.18. The van der Waals surface area contributed by atoms with Crippen LogP contribution in [0.2, 0.25) is 0 Å². The topological polar surface area (TPSA) is 112 Å². The summed E-state index contributed by atoms with van der Waals surface area (Å²) in [6, 6.07) is 14.4. The maximum atomic E-state index is 13.8. The van der Waals surface area contributed by atoms with Crippen LogP contribution in [0.3, 0.4) is 0 Å². The van der Waals surface area contributed by atoms with E-state index in [4.69, 9.17) is 23.0 Å². The van der Waals surface area contributed by atoms with Gasteiger partial charge in [0.05, 0.1) is 45.2 Å². The molecule has 1 amide bonds. The van der Waals surface area contributed by atoms with Crippen LogP contribution < -0.4 is 14.2 Å². The zero-order chi connectivity index (χ0) is 26.1. The highest BCUT2D eigenvalue weighted by molar-refractivity contribution is 6.16. The number of ketones is 1. The Morgan fingerprint density at radius 1 is 1.03 bits per heavy atom. The molecule has 2 aromatic carbocycles. The van der Waals surface area contributed by atoms with Crippen molar-refractivity contribution in [3.63, 3.8) is 0 Å². The van der Waals surface area contributed by atoms with Crippen LogP contribution in [-0.4, -0.2) is 42.5 Å². The number of hydrogen-bond acceptors (Lipinski definition) is 8. The van der Waals surface area contributed by atoms with E-state index in [-0.39, 0.29) is 17.9 Å². The number of ether oxygens (including phenoxy) is 3. The molecular weight excluding hydrogens is 478 g/mol. The molecule has 37 heavy (non-hydrogen) atoms. The second kappa shape index (κ2) is 9.77. The van der Waals surface area contributed by atoms with Crippen molar-refractivity contribution in [2.24, 2.45) is 0 Å². The molecule has 190 valence electrons. The number of para-hydroxylation sites is 1. The van der Waals surface area contributed by atoms with Gasteiger partial charge in [-0.15, -0.1) is 0 Å². The minimum absolute atomic E-state index is 0.0286. The molecule has 3 heterocycles. The summed E-state index contributed by atoms with van der Waals surface area (Å²) in [5.41, 5.74) is 0.826. The van der Waals surface area contributed by atoms with E-state index >= 15 is 0 Å². The molecule has 2 aromatic heterocycles. The Labute approximate surface area is 212 Å². The molecule has 1 atom stereocenters. The Morgan fingerprint density at radius 2 is 1.84 bits per heavy atom. The van der Waals surface area contributed by atoms with Crippen molar-refractivity contribution in [3.05, 3.63) is 89.3 Å². The third-order valence-electron chi connectivity index (χ3n) is 6.21. The molecule has 5 rings (SSSR count). The van der Waals surface area contributed by atoms with Crippen molar-refractivity contribution in [2.45, 2.75) is 19.5 Å². The van der Waals surface area contributed by atoms with Gasteiger partial charge in [-0.1, -0.05) is 18.2 Å². The molecule has 4 aromatic rings. The molecule has 0 spiro atoms. The van der Waals surface area contributed by atoms with E-state index in [2.05, 4.69) is 0 Å². The van der Waals surface area contributed by atoms with Gasteiger partial charge >= 0.3 is 0 Å². The van der Waals surface area contributed by atoms with Gasteiger partial charge in [-0.3, -0.25) is 9.59 Å². The predicted molar refractivity (Wildman–Crippen MR) is 133 cm³/mol. The molecule has 0 saturated carbocycles. The lowest BCUT2D eigenvalue weighted by Crippen LogP contribution is -2.30. The lowest BCUT2D eigenvalue weighted by atomic mass is 9.94. The Hall–Kier alpha value is -4.66. The van der Waals surface area contributed by atoms with Gasteiger partial charge in [0.1, 0.15) is 5.76 Å². The lowest BCUT2D eigenvalue weighted by molar-refractivity contribution is -0.130. The number of rotatable bonds is 9. The summed E-state index contributed by atoms with van der Waals surface area (Å²) in [5, 5.41) is 11.6. The highest BCUT2D eigenvalue weighted by Crippen LogP contribution is 2.43. The minimum atomic E-state index is -0.940. The number of carbonyl (C=O) groups is 2. The number of Topliss-reactive ketones (excluding diaryl/α,β-unsaturated/α-hetero) is 1. The number of carbonyl (C=O) groups excluding carboxylic acids is 2. The van der Waals surface area contributed by atoms with Crippen LogP contribution in [0.25, 0.3) is 11.0 Å². The first-order valence-corrected chi connectivity index (χ1v) is 11.6. The second-order valence-electron chi connectivity index (χ2n) is 8.34. The number of benzene rings is 2. The third-order valence-corrected chi connectivity index (χ3v) is 6.21. The number of aliphatic hydroxyl groups excluding tert-OH is 1. The van der Waals surface area contributed by atoms with Crippen molar-refractivity contribution >= 4 is 22.7 Å². The van der Waals surface area contributed by atoms with Crippen molar-refractivity contribution in [2.75, 3.05) is 20.8 Å². The quantitative estimate of drug-likeness (QED) is 0.310. The van der Waals surface area contributed by atoms with Crippen molar-refractivity contribution < 1.29 is 37.7 Å². The van der Waals surface area contributed by atoms with Crippen molar-refractivity contribution in [1.29, 1.82) is 0 Å². The summed E-state index contributed by atoms with van der Waals surface area (Å²) in [6.07, 6.45) is 1.49. The Kier molecular flexibility index (Phi) is 6.35. The summed E-state index contributed by atoms with van der Waals surface area (Å²) in [4.78, 5) is 28.5. The fraction of sp³-hybridized carbons (Fsp3) is 0.214. The number of fused-ring (bicyclic) bond motifs is 1. The predicted octanol–water partition coefficient (Wildman–Crippen LogP) is 5.22. The van der Waals surface area contributed by atoms with Gasteiger partial charge in [0.25, 0.3) is 5.91 Å². The van der Waals surface area contributed by atoms with E-state index in [0.29, 0.717) is 46.1 Å². The highest BCUT2D eigenvalue weighted by atomic mass is 16.5. The average Bonchev–Trinajstić information content (AvgIpc) is 3.64. The first-order valence-electron chi connectivity index (χ1n) is 11.6. The van der Waals surface area contributed by atoms with Gasteiger partial charge in [-0.2, -0.15) is 0 Å². The van der Waals surface area contributed by atoms with Gasteiger partial charge in [0.2, 0.25) is 5.78 Å². The van der Waals surface area contributed by atoms with Gasteiger partial charge in [0, 0.05) is 5.39 Å². The normalized spacial score (nSPS) is 15.5. The largest absolute Gasteiger partial charge is 0.503 e. The van der Waals surface area contributed by atoms with Crippen LogP contribution >= 0.6 is 0 Å². The Morgan fingerprint density at radius 3 is 2.54 bits per heavy atom. The molecule has 1 N–H and O–H groups in total. The lowest BCUT2D eigenvalue weighted by Gasteiger charge is -2.26. The summed E-state index contributed by atoms with van der Waals surface area (Å²) in [5.74, 6) is -0.109. The summed E-state index contributed by atoms with van der Waals surface area (Å²) >= 11 is 0. The van der Waals surface area contributed by atoms with Gasteiger partial charge in [-0.05, 0) is 48.9 Å². The number of hydrogen-bond donors (Lipinski definition) is 1. The molecule has 0 saturated heterocycles. The second-order valence-corrected chi connectivity index (χ2v) is 8.34. The smallest absolute Gasteiger partial charge is 0.290 e. The monoisotopic (exact) mass is 503 g/mol.